The summed E-state index contributed by atoms with van der Waals surface area (Å²) >= 11 is 1.41. The summed E-state index contributed by atoms with van der Waals surface area (Å²) in [5, 5.41) is 9.90. The number of hydrogen-bond acceptors (Lipinski definition) is 3. The molecule has 0 bridgehead atoms. The van der Waals surface area contributed by atoms with Crippen LogP contribution in [0.3, 0.4) is 0 Å². The van der Waals surface area contributed by atoms with Gasteiger partial charge in [-0.25, -0.2) is 0 Å². The van der Waals surface area contributed by atoms with Crippen molar-refractivity contribution in [1.82, 2.24) is 5.32 Å². The zero-order valence-electron chi connectivity index (χ0n) is 15.0. The Labute approximate surface area is 166 Å². The van der Waals surface area contributed by atoms with Crippen LogP contribution in [0.5, 0.6) is 0 Å². The number of amides is 2. The van der Waals surface area contributed by atoms with Gasteiger partial charge in [0.25, 0.3) is 11.8 Å². The van der Waals surface area contributed by atoms with E-state index in [0.717, 1.165) is 22.0 Å². The van der Waals surface area contributed by atoms with Crippen LogP contribution in [-0.4, -0.2) is 11.8 Å². The van der Waals surface area contributed by atoms with Gasteiger partial charge in [0.05, 0.1) is 4.88 Å². The van der Waals surface area contributed by atoms with E-state index in [2.05, 4.69) is 10.6 Å². The van der Waals surface area contributed by atoms with Crippen LogP contribution in [0.4, 0.5) is 5.69 Å². The summed E-state index contributed by atoms with van der Waals surface area (Å²) in [6, 6.07) is 24.7. The lowest BCUT2D eigenvalue weighted by Gasteiger charge is -2.08. The summed E-state index contributed by atoms with van der Waals surface area (Å²) in [7, 11) is 0. The first-order chi connectivity index (χ1) is 13.7. The monoisotopic (exact) mass is 386 g/mol. The Morgan fingerprint density at radius 2 is 1.57 bits per heavy atom. The molecule has 4 nitrogen and oxygen atoms in total. The van der Waals surface area contributed by atoms with Gasteiger partial charge in [0.2, 0.25) is 0 Å². The molecule has 0 saturated heterocycles. The second kappa shape index (κ2) is 8.06. The van der Waals surface area contributed by atoms with Crippen LogP contribution in [0.25, 0.3) is 10.8 Å². The summed E-state index contributed by atoms with van der Waals surface area (Å²) in [5.74, 6) is -0.252. The lowest BCUT2D eigenvalue weighted by Crippen LogP contribution is -2.21. The third kappa shape index (κ3) is 4.10. The zero-order valence-corrected chi connectivity index (χ0v) is 15.8. The van der Waals surface area contributed by atoms with Crippen LogP contribution in [0.15, 0.2) is 84.2 Å². The summed E-state index contributed by atoms with van der Waals surface area (Å²) in [5.41, 5.74) is 2.27. The average Bonchev–Trinajstić information content (AvgIpc) is 3.27. The highest BCUT2D eigenvalue weighted by Crippen LogP contribution is 2.19. The van der Waals surface area contributed by atoms with Gasteiger partial charge < -0.3 is 10.6 Å². The molecule has 3 aromatic carbocycles. The molecule has 2 amide bonds. The number of anilines is 1. The zero-order chi connectivity index (χ0) is 19.3. The van der Waals surface area contributed by atoms with Crippen molar-refractivity contribution in [2.45, 2.75) is 6.54 Å². The molecule has 0 atom stereocenters. The van der Waals surface area contributed by atoms with E-state index in [1.54, 1.807) is 18.2 Å². The van der Waals surface area contributed by atoms with Gasteiger partial charge in [-0.2, -0.15) is 0 Å². The van der Waals surface area contributed by atoms with E-state index in [9.17, 15) is 9.59 Å². The van der Waals surface area contributed by atoms with Gasteiger partial charge in [0, 0.05) is 17.8 Å². The molecule has 0 aliphatic rings. The molecule has 0 radical (unpaired) electrons. The van der Waals surface area contributed by atoms with Gasteiger partial charge in [-0.15, -0.1) is 11.3 Å². The van der Waals surface area contributed by atoms with Crippen molar-refractivity contribution in [2.24, 2.45) is 0 Å². The van der Waals surface area contributed by atoms with E-state index in [4.69, 9.17) is 0 Å². The third-order valence-electron chi connectivity index (χ3n) is 4.42. The van der Waals surface area contributed by atoms with Gasteiger partial charge in [-0.05, 0) is 52.0 Å². The van der Waals surface area contributed by atoms with E-state index in [1.807, 2.05) is 66.0 Å². The fraction of sp³-hybridized carbons (Fsp3) is 0.0435. The minimum absolute atomic E-state index is 0.0897. The Bertz CT molecular complexity index is 1120. The highest BCUT2D eigenvalue weighted by molar-refractivity contribution is 7.12. The topological polar surface area (TPSA) is 58.2 Å². The van der Waals surface area contributed by atoms with Crippen LogP contribution in [-0.2, 0) is 6.54 Å². The molecule has 0 aliphatic heterocycles. The van der Waals surface area contributed by atoms with Crippen molar-refractivity contribution in [3.05, 3.63) is 100 Å². The molecule has 0 unspecified atom stereocenters. The Hall–Kier alpha value is -3.44. The van der Waals surface area contributed by atoms with Crippen molar-refractivity contribution in [3.63, 3.8) is 0 Å². The van der Waals surface area contributed by atoms with Crippen LogP contribution >= 0.6 is 11.3 Å². The average molecular weight is 386 g/mol. The molecule has 0 aliphatic carbocycles. The summed E-state index contributed by atoms with van der Waals surface area (Å²) in [4.78, 5) is 25.2. The number of fused-ring (bicyclic) bond motifs is 1. The first kappa shape index (κ1) is 17.9. The van der Waals surface area contributed by atoms with E-state index in [-0.39, 0.29) is 11.8 Å². The molecule has 1 aromatic heterocycles. The molecule has 138 valence electrons. The normalized spacial score (nSPS) is 10.6. The highest BCUT2D eigenvalue weighted by atomic mass is 32.1. The maximum absolute atomic E-state index is 12.5. The van der Waals surface area contributed by atoms with Gasteiger partial charge in [-0.1, -0.05) is 48.5 Å². The van der Waals surface area contributed by atoms with Crippen LogP contribution in [0, 0.1) is 0 Å². The fourth-order valence-corrected chi connectivity index (χ4v) is 3.56. The second-order valence-electron chi connectivity index (χ2n) is 6.37. The number of hydrogen-bond donors (Lipinski definition) is 2. The van der Waals surface area contributed by atoms with Crippen LogP contribution in [0.1, 0.15) is 25.6 Å². The summed E-state index contributed by atoms with van der Waals surface area (Å²) in [6.45, 7) is 0.420. The fourth-order valence-electron chi connectivity index (χ4n) is 2.92. The SMILES string of the molecule is O=C(Nc1ccc2ccccc2c1)c1ccc(CNC(=O)c2cccs2)cc1. The first-order valence-electron chi connectivity index (χ1n) is 8.90. The maximum Gasteiger partial charge on any atom is 0.261 e. The Morgan fingerprint density at radius 1 is 0.786 bits per heavy atom. The Kier molecular flexibility index (Phi) is 5.17. The lowest BCUT2D eigenvalue weighted by atomic mass is 10.1. The molecule has 4 rings (SSSR count). The van der Waals surface area contributed by atoms with Crippen molar-refractivity contribution >= 4 is 39.6 Å². The molecule has 4 aromatic rings. The van der Waals surface area contributed by atoms with Gasteiger partial charge >= 0.3 is 0 Å². The minimum Gasteiger partial charge on any atom is -0.347 e. The number of thiophene rings is 1. The summed E-state index contributed by atoms with van der Waals surface area (Å²) in [6.07, 6.45) is 0. The van der Waals surface area contributed by atoms with E-state index in [0.29, 0.717) is 17.0 Å². The van der Waals surface area contributed by atoms with Crippen molar-refractivity contribution in [3.8, 4) is 0 Å². The van der Waals surface area contributed by atoms with Gasteiger partial charge in [0.15, 0.2) is 0 Å². The largest absolute Gasteiger partial charge is 0.347 e. The number of rotatable bonds is 5. The maximum atomic E-state index is 12.5. The van der Waals surface area contributed by atoms with Crippen molar-refractivity contribution in [2.75, 3.05) is 5.32 Å². The van der Waals surface area contributed by atoms with Gasteiger partial charge in [-0.3, -0.25) is 9.59 Å². The molecule has 0 spiro atoms. The van der Waals surface area contributed by atoms with E-state index >= 15 is 0 Å². The van der Waals surface area contributed by atoms with Crippen molar-refractivity contribution in [1.29, 1.82) is 0 Å². The predicted molar refractivity (Wildman–Crippen MR) is 114 cm³/mol. The smallest absolute Gasteiger partial charge is 0.261 e. The molecule has 0 saturated carbocycles. The number of nitrogens with one attached hydrogen (secondary N) is 2. The standard InChI is InChI=1S/C23H18N2O2S/c26-22(25-20-12-11-17-4-1-2-5-19(17)14-20)18-9-7-16(8-10-18)15-24-23(27)21-6-3-13-28-21/h1-14H,15H2,(H,24,27)(H,25,26). The molecule has 1 heterocycles. The number of carbonyl (C=O) groups excluding carboxylic acids is 2. The molecular formula is C23H18N2O2S. The molecule has 2 N–H and O–H groups in total. The lowest BCUT2D eigenvalue weighted by molar-refractivity contribution is 0.0953. The second-order valence-corrected chi connectivity index (χ2v) is 7.32. The summed E-state index contributed by atoms with van der Waals surface area (Å²) < 4.78 is 0. The van der Waals surface area contributed by atoms with Gasteiger partial charge in [0.1, 0.15) is 0 Å². The Balaban J connectivity index is 1.38. The van der Waals surface area contributed by atoms with E-state index < -0.39 is 0 Å². The predicted octanol–water partition coefficient (Wildman–Crippen LogP) is 5.08. The molecule has 28 heavy (non-hydrogen) atoms. The first-order valence-corrected chi connectivity index (χ1v) is 9.78. The third-order valence-corrected chi connectivity index (χ3v) is 5.29. The quantitative estimate of drug-likeness (QED) is 0.502. The Morgan fingerprint density at radius 3 is 2.32 bits per heavy atom. The minimum atomic E-state index is -0.163. The number of carbonyl (C=O) groups is 2. The van der Waals surface area contributed by atoms with Crippen molar-refractivity contribution < 1.29 is 9.59 Å². The highest BCUT2D eigenvalue weighted by Gasteiger charge is 2.08. The number of benzene rings is 3. The molecule has 0 fully saturated rings. The van der Waals surface area contributed by atoms with E-state index in [1.165, 1.54) is 11.3 Å². The molecular weight excluding hydrogens is 368 g/mol. The molecule has 5 heteroatoms. The van der Waals surface area contributed by atoms with Crippen LogP contribution in [0.2, 0.25) is 0 Å². The van der Waals surface area contributed by atoms with Crippen LogP contribution < -0.4 is 10.6 Å².